The van der Waals surface area contributed by atoms with Crippen LogP contribution < -0.4 is 5.32 Å². The van der Waals surface area contributed by atoms with E-state index in [2.05, 4.69) is 11.4 Å². The molecule has 18 heavy (non-hydrogen) atoms. The fourth-order valence-corrected chi connectivity index (χ4v) is 2.03. The molecule has 2 aromatic rings. The molecule has 0 fully saturated rings. The van der Waals surface area contributed by atoms with Crippen LogP contribution in [0.4, 0.5) is 5.69 Å². The van der Waals surface area contributed by atoms with Crippen LogP contribution in [0.3, 0.4) is 0 Å². The van der Waals surface area contributed by atoms with Gasteiger partial charge in [0.05, 0.1) is 22.3 Å². The maximum absolute atomic E-state index is 8.73. The molecule has 2 nitrogen and oxygen atoms in total. The normalized spacial score (nSPS) is 9.83. The Balaban J connectivity index is 2.09. The molecule has 0 amide bonds. The zero-order valence-corrected chi connectivity index (χ0v) is 10.8. The predicted molar refractivity (Wildman–Crippen MR) is 74.7 cm³/mol. The van der Waals surface area contributed by atoms with Crippen LogP contribution in [0.5, 0.6) is 0 Å². The van der Waals surface area contributed by atoms with Crippen LogP contribution in [-0.4, -0.2) is 0 Å². The summed E-state index contributed by atoms with van der Waals surface area (Å²) in [5.74, 6) is 0. The molecule has 0 aliphatic rings. The molecule has 0 heterocycles. The number of aryl methyl sites for hydroxylation is 1. The van der Waals surface area contributed by atoms with E-state index >= 15 is 0 Å². The van der Waals surface area contributed by atoms with Crippen molar-refractivity contribution in [1.29, 1.82) is 5.26 Å². The third kappa shape index (κ3) is 2.82. The summed E-state index contributed by atoms with van der Waals surface area (Å²) in [6, 6.07) is 15.4. The summed E-state index contributed by atoms with van der Waals surface area (Å²) in [7, 11) is 0. The van der Waals surface area contributed by atoms with Gasteiger partial charge in [0.25, 0.3) is 0 Å². The third-order valence-electron chi connectivity index (χ3n) is 2.77. The van der Waals surface area contributed by atoms with Crippen LogP contribution in [0, 0.1) is 18.3 Å². The molecule has 0 saturated carbocycles. The van der Waals surface area contributed by atoms with Crippen molar-refractivity contribution in [2.75, 3.05) is 5.32 Å². The van der Waals surface area contributed by atoms with Crippen LogP contribution >= 0.6 is 11.6 Å². The SMILES string of the molecule is Cc1cccc(Cl)c1NCc1ccc(C#N)cc1. The summed E-state index contributed by atoms with van der Waals surface area (Å²) in [4.78, 5) is 0. The summed E-state index contributed by atoms with van der Waals surface area (Å²) >= 11 is 6.14. The Hall–Kier alpha value is -1.98. The molecule has 0 aliphatic heterocycles. The van der Waals surface area contributed by atoms with Crippen molar-refractivity contribution in [2.45, 2.75) is 13.5 Å². The smallest absolute Gasteiger partial charge is 0.0991 e. The number of halogens is 1. The van der Waals surface area contributed by atoms with Gasteiger partial charge < -0.3 is 5.32 Å². The molecule has 0 spiro atoms. The number of rotatable bonds is 3. The van der Waals surface area contributed by atoms with Crippen molar-refractivity contribution >= 4 is 17.3 Å². The van der Waals surface area contributed by atoms with Crippen LogP contribution in [0.2, 0.25) is 5.02 Å². The summed E-state index contributed by atoms with van der Waals surface area (Å²) in [5.41, 5.74) is 3.88. The van der Waals surface area contributed by atoms with E-state index in [0.717, 1.165) is 21.8 Å². The van der Waals surface area contributed by atoms with Crippen molar-refractivity contribution < 1.29 is 0 Å². The van der Waals surface area contributed by atoms with Crippen LogP contribution in [0.25, 0.3) is 0 Å². The molecular weight excluding hydrogens is 244 g/mol. The quantitative estimate of drug-likeness (QED) is 0.896. The van der Waals surface area contributed by atoms with E-state index in [9.17, 15) is 0 Å². The molecule has 0 radical (unpaired) electrons. The van der Waals surface area contributed by atoms with E-state index in [0.29, 0.717) is 12.1 Å². The van der Waals surface area contributed by atoms with Gasteiger partial charge in [-0.2, -0.15) is 5.26 Å². The summed E-state index contributed by atoms with van der Waals surface area (Å²) in [6.45, 7) is 2.71. The first-order chi connectivity index (χ1) is 8.70. The van der Waals surface area contributed by atoms with Gasteiger partial charge in [0.15, 0.2) is 0 Å². The Morgan fingerprint density at radius 2 is 1.89 bits per heavy atom. The molecule has 90 valence electrons. The fourth-order valence-electron chi connectivity index (χ4n) is 1.74. The number of para-hydroxylation sites is 1. The van der Waals surface area contributed by atoms with Gasteiger partial charge in [0.2, 0.25) is 0 Å². The second-order valence-corrected chi connectivity index (χ2v) is 4.50. The molecule has 0 bridgehead atoms. The van der Waals surface area contributed by atoms with Crippen molar-refractivity contribution in [3.05, 3.63) is 64.2 Å². The molecule has 0 aromatic heterocycles. The lowest BCUT2D eigenvalue weighted by Crippen LogP contribution is -2.01. The van der Waals surface area contributed by atoms with Crippen molar-refractivity contribution in [1.82, 2.24) is 0 Å². The van der Waals surface area contributed by atoms with E-state index in [4.69, 9.17) is 16.9 Å². The van der Waals surface area contributed by atoms with Crippen molar-refractivity contribution in [3.63, 3.8) is 0 Å². The molecule has 3 heteroatoms. The van der Waals surface area contributed by atoms with Crippen LogP contribution in [0.1, 0.15) is 16.7 Å². The van der Waals surface area contributed by atoms with Gasteiger partial charge in [0.1, 0.15) is 0 Å². The first-order valence-corrected chi connectivity index (χ1v) is 6.06. The minimum atomic E-state index is 0.674. The highest BCUT2D eigenvalue weighted by molar-refractivity contribution is 6.33. The van der Waals surface area contributed by atoms with E-state index < -0.39 is 0 Å². The van der Waals surface area contributed by atoms with Gasteiger partial charge in [-0.15, -0.1) is 0 Å². The Bertz CT molecular complexity index is 562. The number of hydrogen-bond acceptors (Lipinski definition) is 2. The fraction of sp³-hybridized carbons (Fsp3) is 0.133. The van der Waals surface area contributed by atoms with E-state index in [1.54, 1.807) is 0 Å². The minimum absolute atomic E-state index is 0.674. The maximum Gasteiger partial charge on any atom is 0.0991 e. The highest BCUT2D eigenvalue weighted by Gasteiger charge is 2.02. The summed E-state index contributed by atoms with van der Waals surface area (Å²) in [6.07, 6.45) is 0. The topological polar surface area (TPSA) is 35.8 Å². The number of benzene rings is 2. The van der Waals surface area contributed by atoms with Gasteiger partial charge >= 0.3 is 0 Å². The van der Waals surface area contributed by atoms with E-state index in [1.165, 1.54) is 0 Å². The Labute approximate surface area is 112 Å². The average molecular weight is 257 g/mol. The van der Waals surface area contributed by atoms with Gasteiger partial charge in [-0.05, 0) is 36.2 Å². The number of nitrogens with one attached hydrogen (secondary N) is 1. The molecular formula is C15H13ClN2. The molecule has 0 atom stereocenters. The van der Waals surface area contributed by atoms with Gasteiger partial charge in [0, 0.05) is 6.54 Å². The highest BCUT2D eigenvalue weighted by atomic mass is 35.5. The van der Waals surface area contributed by atoms with Gasteiger partial charge in [-0.25, -0.2) is 0 Å². The lowest BCUT2D eigenvalue weighted by molar-refractivity contribution is 1.14. The highest BCUT2D eigenvalue weighted by Crippen LogP contribution is 2.25. The second-order valence-electron chi connectivity index (χ2n) is 4.09. The predicted octanol–water partition coefficient (Wildman–Crippen LogP) is 4.13. The Morgan fingerprint density at radius 1 is 1.17 bits per heavy atom. The molecule has 2 aromatic carbocycles. The lowest BCUT2D eigenvalue weighted by Gasteiger charge is -2.11. The van der Waals surface area contributed by atoms with Crippen LogP contribution in [0.15, 0.2) is 42.5 Å². The van der Waals surface area contributed by atoms with Crippen LogP contribution in [-0.2, 0) is 6.54 Å². The molecule has 1 N–H and O–H groups in total. The summed E-state index contributed by atoms with van der Waals surface area (Å²) in [5, 5.41) is 12.8. The van der Waals surface area contributed by atoms with E-state index in [1.807, 2.05) is 49.4 Å². The number of anilines is 1. The molecule has 0 saturated heterocycles. The minimum Gasteiger partial charge on any atom is -0.380 e. The molecule has 0 aliphatic carbocycles. The van der Waals surface area contributed by atoms with Gasteiger partial charge in [-0.1, -0.05) is 35.9 Å². The Kier molecular flexibility index (Phi) is 3.86. The maximum atomic E-state index is 8.73. The number of hydrogen-bond donors (Lipinski definition) is 1. The third-order valence-corrected chi connectivity index (χ3v) is 3.09. The van der Waals surface area contributed by atoms with Gasteiger partial charge in [-0.3, -0.25) is 0 Å². The largest absolute Gasteiger partial charge is 0.380 e. The summed E-state index contributed by atoms with van der Waals surface area (Å²) < 4.78 is 0. The number of nitriles is 1. The first kappa shape index (κ1) is 12.5. The number of nitrogens with zero attached hydrogens (tertiary/aromatic N) is 1. The lowest BCUT2D eigenvalue weighted by atomic mass is 10.1. The van der Waals surface area contributed by atoms with Crippen molar-refractivity contribution in [2.24, 2.45) is 0 Å². The monoisotopic (exact) mass is 256 g/mol. The zero-order chi connectivity index (χ0) is 13.0. The van der Waals surface area contributed by atoms with E-state index in [-0.39, 0.29) is 0 Å². The van der Waals surface area contributed by atoms with Crippen molar-refractivity contribution in [3.8, 4) is 6.07 Å². The zero-order valence-electron chi connectivity index (χ0n) is 10.1. The standard InChI is InChI=1S/C15H13ClN2/c1-11-3-2-4-14(16)15(11)18-10-13-7-5-12(9-17)6-8-13/h2-8,18H,10H2,1H3. The Morgan fingerprint density at radius 3 is 2.50 bits per heavy atom. The molecule has 0 unspecified atom stereocenters. The molecule has 2 rings (SSSR count). The average Bonchev–Trinajstić information content (AvgIpc) is 2.39. The second kappa shape index (κ2) is 5.57. The first-order valence-electron chi connectivity index (χ1n) is 5.69.